The van der Waals surface area contributed by atoms with E-state index in [-0.39, 0.29) is 5.41 Å². The SMILES string of the molecule is C[C@]12CC3CC4(C(=S)N[C@H]5CN6CCC7CC756)CC1(C3)[C@](c1ccccc1)(C4)C2. The summed E-state index contributed by atoms with van der Waals surface area (Å²) in [6.07, 6.45) is 11.2. The highest BCUT2D eigenvalue weighted by Gasteiger charge is 2.83. The first-order chi connectivity index (χ1) is 14.0. The summed E-state index contributed by atoms with van der Waals surface area (Å²) in [5.41, 5.74) is 3.86. The summed E-state index contributed by atoms with van der Waals surface area (Å²) in [6, 6.07) is 12.2. The molecule has 2 aliphatic heterocycles. The molecule has 7 fully saturated rings. The van der Waals surface area contributed by atoms with Crippen molar-refractivity contribution in [2.75, 3.05) is 13.1 Å². The number of nitrogens with zero attached hydrogens (tertiary/aromatic N) is 1. The Bertz CT molecular complexity index is 961. The second-order valence-corrected chi connectivity index (χ2v) is 12.9. The first-order valence-corrected chi connectivity index (χ1v) is 12.5. The molecule has 8 atom stereocenters. The maximum atomic E-state index is 6.32. The second kappa shape index (κ2) is 4.63. The van der Waals surface area contributed by atoms with Gasteiger partial charge in [0.1, 0.15) is 0 Å². The average molecular weight is 405 g/mol. The van der Waals surface area contributed by atoms with Gasteiger partial charge in [-0.3, -0.25) is 4.90 Å². The zero-order valence-electron chi connectivity index (χ0n) is 17.5. The Morgan fingerprint density at radius 3 is 2.72 bits per heavy atom. The van der Waals surface area contributed by atoms with Crippen LogP contribution in [0.4, 0.5) is 0 Å². The number of thiocarbonyl (C=S) groups is 1. The molecule has 0 aromatic heterocycles. The second-order valence-electron chi connectivity index (χ2n) is 12.5. The van der Waals surface area contributed by atoms with Crippen molar-refractivity contribution in [3.8, 4) is 0 Å². The van der Waals surface area contributed by atoms with Crippen LogP contribution in [0.1, 0.15) is 63.9 Å². The molecule has 3 bridgehead atoms. The largest absolute Gasteiger partial charge is 0.373 e. The molecule has 3 heteroatoms. The summed E-state index contributed by atoms with van der Waals surface area (Å²) in [5, 5.41) is 4.03. The monoisotopic (exact) mass is 404 g/mol. The van der Waals surface area contributed by atoms with E-state index in [1.54, 1.807) is 5.56 Å². The molecule has 0 amide bonds. The predicted molar refractivity (Wildman–Crippen MR) is 119 cm³/mol. The molecule has 7 aliphatic rings. The van der Waals surface area contributed by atoms with Crippen LogP contribution in [0.3, 0.4) is 0 Å². The molecule has 0 radical (unpaired) electrons. The summed E-state index contributed by atoms with van der Waals surface area (Å²) in [6.45, 7) is 5.20. The van der Waals surface area contributed by atoms with Crippen molar-refractivity contribution in [2.45, 2.75) is 75.3 Å². The van der Waals surface area contributed by atoms with Crippen LogP contribution in [0.2, 0.25) is 0 Å². The van der Waals surface area contributed by atoms with Crippen LogP contribution in [0, 0.1) is 28.1 Å². The van der Waals surface area contributed by atoms with Gasteiger partial charge in [0.15, 0.2) is 0 Å². The minimum absolute atomic E-state index is 0.266. The first-order valence-electron chi connectivity index (χ1n) is 12.1. The number of fused-ring (bicyclic) bond motifs is 2. The van der Waals surface area contributed by atoms with Crippen molar-refractivity contribution < 1.29 is 0 Å². The molecule has 5 aliphatic carbocycles. The van der Waals surface area contributed by atoms with Gasteiger partial charge in [-0.2, -0.15) is 0 Å². The van der Waals surface area contributed by atoms with Gasteiger partial charge >= 0.3 is 0 Å². The lowest BCUT2D eigenvalue weighted by atomic mass is 9.38. The highest BCUT2D eigenvalue weighted by molar-refractivity contribution is 7.80. The molecule has 2 nitrogen and oxygen atoms in total. The van der Waals surface area contributed by atoms with E-state index in [1.165, 1.54) is 69.4 Å². The van der Waals surface area contributed by atoms with E-state index in [9.17, 15) is 0 Å². The van der Waals surface area contributed by atoms with Crippen molar-refractivity contribution in [3.63, 3.8) is 0 Å². The molecule has 5 saturated carbocycles. The topological polar surface area (TPSA) is 15.3 Å². The standard InChI is InChI=1S/C26H32N2S/c1-22-9-17-10-23(21(29)27-20-13-28-8-7-19-12-26(19,20)28)15-24(14-22,25(22,11-17)16-23)18-5-3-2-4-6-18/h2-6,17,19-20H,7-16H2,1H3,(H,27,29)/t17?,19?,20-,22+,23?,24-,25?,26?/m0/s1. The number of piperidine rings is 1. The lowest BCUT2D eigenvalue weighted by molar-refractivity contribution is -0.115. The Hall–Kier alpha value is -0.930. The van der Waals surface area contributed by atoms with E-state index < -0.39 is 0 Å². The van der Waals surface area contributed by atoms with Crippen LogP contribution in [-0.2, 0) is 5.41 Å². The summed E-state index contributed by atoms with van der Waals surface area (Å²) >= 11 is 6.32. The number of hydrogen-bond donors (Lipinski definition) is 1. The van der Waals surface area contributed by atoms with Gasteiger partial charge < -0.3 is 5.32 Å². The highest BCUT2D eigenvalue weighted by atomic mass is 32.1. The number of nitrogens with one attached hydrogen (secondary N) is 1. The lowest BCUT2D eigenvalue weighted by Crippen LogP contribution is -2.68. The van der Waals surface area contributed by atoms with E-state index in [2.05, 4.69) is 47.5 Å². The van der Waals surface area contributed by atoms with Gasteiger partial charge in [-0.05, 0) is 86.1 Å². The molecule has 1 aromatic rings. The van der Waals surface area contributed by atoms with Crippen LogP contribution >= 0.6 is 12.2 Å². The van der Waals surface area contributed by atoms with Crippen LogP contribution in [0.15, 0.2) is 30.3 Å². The van der Waals surface area contributed by atoms with Crippen molar-refractivity contribution in [3.05, 3.63) is 35.9 Å². The molecule has 5 unspecified atom stereocenters. The molecule has 2 heterocycles. The molecule has 2 spiro atoms. The molecule has 8 rings (SSSR count). The van der Waals surface area contributed by atoms with Crippen molar-refractivity contribution in [1.82, 2.24) is 10.2 Å². The van der Waals surface area contributed by atoms with Crippen LogP contribution < -0.4 is 5.32 Å². The number of rotatable bonds is 3. The maximum Gasteiger partial charge on any atom is 0.0819 e. The summed E-state index contributed by atoms with van der Waals surface area (Å²) in [4.78, 5) is 4.02. The molecule has 1 aromatic carbocycles. The fraction of sp³-hybridized carbons (Fsp3) is 0.731. The van der Waals surface area contributed by atoms with E-state index in [1.807, 2.05) is 0 Å². The Balaban J connectivity index is 1.17. The Morgan fingerprint density at radius 2 is 1.93 bits per heavy atom. The zero-order chi connectivity index (χ0) is 19.3. The normalized spacial score (nSPS) is 57.5. The summed E-state index contributed by atoms with van der Waals surface area (Å²) < 4.78 is 0. The predicted octanol–water partition coefficient (Wildman–Crippen LogP) is 4.68. The van der Waals surface area contributed by atoms with Crippen LogP contribution in [-0.4, -0.2) is 34.6 Å². The van der Waals surface area contributed by atoms with Crippen LogP contribution in [0.25, 0.3) is 0 Å². The van der Waals surface area contributed by atoms with E-state index in [4.69, 9.17) is 12.2 Å². The van der Waals surface area contributed by atoms with Gasteiger partial charge in [-0.15, -0.1) is 0 Å². The Labute approximate surface area is 179 Å². The van der Waals surface area contributed by atoms with E-state index >= 15 is 0 Å². The third-order valence-corrected chi connectivity index (χ3v) is 12.2. The van der Waals surface area contributed by atoms with Crippen molar-refractivity contribution in [1.29, 1.82) is 0 Å². The minimum atomic E-state index is 0.266. The Kier molecular flexibility index (Phi) is 2.67. The zero-order valence-corrected chi connectivity index (χ0v) is 18.4. The van der Waals surface area contributed by atoms with Gasteiger partial charge in [0.25, 0.3) is 0 Å². The van der Waals surface area contributed by atoms with Gasteiger partial charge in [0.05, 0.1) is 11.0 Å². The smallest absolute Gasteiger partial charge is 0.0819 e. The van der Waals surface area contributed by atoms with Gasteiger partial charge in [0, 0.05) is 22.9 Å². The molecule has 2 saturated heterocycles. The van der Waals surface area contributed by atoms with Gasteiger partial charge in [-0.25, -0.2) is 0 Å². The molecular weight excluding hydrogens is 372 g/mol. The van der Waals surface area contributed by atoms with Crippen molar-refractivity contribution in [2.24, 2.45) is 28.1 Å². The summed E-state index contributed by atoms with van der Waals surface area (Å²) in [5.74, 6) is 1.87. The van der Waals surface area contributed by atoms with E-state index in [0.717, 1.165) is 11.8 Å². The molecular formula is C26H32N2S. The van der Waals surface area contributed by atoms with Gasteiger partial charge in [-0.1, -0.05) is 49.5 Å². The molecule has 29 heavy (non-hydrogen) atoms. The fourth-order valence-electron chi connectivity index (χ4n) is 10.9. The van der Waals surface area contributed by atoms with Gasteiger partial charge in [0.2, 0.25) is 0 Å². The fourth-order valence-corrected chi connectivity index (χ4v) is 11.2. The van der Waals surface area contributed by atoms with Crippen molar-refractivity contribution >= 4 is 17.2 Å². The third kappa shape index (κ3) is 1.57. The average Bonchev–Trinajstić information content (AvgIpc) is 3.32. The highest BCUT2D eigenvalue weighted by Crippen LogP contribution is 2.88. The number of benzene rings is 1. The Morgan fingerprint density at radius 1 is 1.07 bits per heavy atom. The quantitative estimate of drug-likeness (QED) is 0.737. The minimum Gasteiger partial charge on any atom is -0.373 e. The maximum absolute atomic E-state index is 6.32. The van der Waals surface area contributed by atoms with Crippen LogP contribution in [0.5, 0.6) is 0 Å². The summed E-state index contributed by atoms with van der Waals surface area (Å²) in [7, 11) is 0. The lowest BCUT2D eigenvalue weighted by Gasteiger charge is -2.66. The number of hydrogen-bond acceptors (Lipinski definition) is 2. The molecule has 1 N–H and O–H groups in total. The first kappa shape index (κ1) is 16.7. The molecule has 152 valence electrons. The third-order valence-electron chi connectivity index (χ3n) is 11.7. The van der Waals surface area contributed by atoms with E-state index in [0.29, 0.717) is 27.8 Å².